The summed E-state index contributed by atoms with van der Waals surface area (Å²) in [5.41, 5.74) is 5.73. The number of piperidine rings is 1. The minimum atomic E-state index is 0.276. The summed E-state index contributed by atoms with van der Waals surface area (Å²) in [6, 6.07) is 6.37. The van der Waals surface area contributed by atoms with Crippen molar-refractivity contribution in [3.05, 3.63) is 63.5 Å². The first-order valence-electron chi connectivity index (χ1n) is 13.0. The van der Waals surface area contributed by atoms with Gasteiger partial charge in [0, 0.05) is 23.4 Å². The van der Waals surface area contributed by atoms with Gasteiger partial charge in [-0.25, -0.2) is 4.98 Å². The topological polar surface area (TPSA) is 121 Å². The van der Waals surface area contributed by atoms with E-state index in [1.54, 1.807) is 6.20 Å². The fourth-order valence-corrected chi connectivity index (χ4v) is 4.95. The van der Waals surface area contributed by atoms with Crippen LogP contribution < -0.4 is 10.6 Å². The fourth-order valence-electron chi connectivity index (χ4n) is 4.81. The monoisotopic (exact) mass is 535 g/mol. The van der Waals surface area contributed by atoms with Gasteiger partial charge >= 0.3 is 0 Å². The summed E-state index contributed by atoms with van der Waals surface area (Å²) in [6.07, 6.45) is 3.78. The van der Waals surface area contributed by atoms with Gasteiger partial charge in [0.15, 0.2) is 17.5 Å². The summed E-state index contributed by atoms with van der Waals surface area (Å²) in [4.78, 5) is 15.9. The van der Waals surface area contributed by atoms with Crippen LogP contribution in [0.5, 0.6) is 0 Å². The van der Waals surface area contributed by atoms with E-state index in [0.717, 1.165) is 48.7 Å². The molecule has 1 aliphatic heterocycles. The van der Waals surface area contributed by atoms with Crippen LogP contribution in [-0.4, -0.2) is 48.3 Å². The van der Waals surface area contributed by atoms with Gasteiger partial charge in [0.25, 0.3) is 0 Å². The number of benzene rings is 1. The molecule has 3 N–H and O–H groups in total. The Hall–Kier alpha value is -3.50. The van der Waals surface area contributed by atoms with E-state index in [4.69, 9.17) is 16.1 Å². The van der Waals surface area contributed by atoms with Crippen LogP contribution in [0.1, 0.15) is 72.6 Å². The number of nitrogens with zero attached hydrogens (tertiary/aromatic N) is 6. The van der Waals surface area contributed by atoms with Crippen LogP contribution in [0.15, 0.2) is 28.9 Å². The van der Waals surface area contributed by atoms with E-state index in [2.05, 4.69) is 85.7 Å². The van der Waals surface area contributed by atoms with Gasteiger partial charge in [-0.1, -0.05) is 36.7 Å². The molecule has 0 radical (unpaired) electrons. The van der Waals surface area contributed by atoms with Crippen molar-refractivity contribution in [2.75, 3.05) is 23.7 Å². The highest BCUT2D eigenvalue weighted by Crippen LogP contribution is 2.34. The zero-order valence-corrected chi connectivity index (χ0v) is 23.2. The standard InChI is InChI=1S/C27H34ClN9O/c1-15(2)25-32-24(38-36-25)14-37-8-6-19(7-9-37)20-10-17(4)22(11-16(20)3)30-27-29-13-21(28)26(33-27)31-23-12-18(5)34-35-23/h10-13,15,19H,6-9,14H2,1-5H3,(H3,29,30,31,33,34,35). The van der Waals surface area contributed by atoms with Gasteiger partial charge in [-0.3, -0.25) is 10.00 Å². The van der Waals surface area contributed by atoms with E-state index < -0.39 is 0 Å². The van der Waals surface area contributed by atoms with Gasteiger partial charge in [-0.15, -0.1) is 0 Å². The van der Waals surface area contributed by atoms with Crippen LogP contribution in [0.3, 0.4) is 0 Å². The van der Waals surface area contributed by atoms with Crippen LogP contribution in [-0.2, 0) is 6.54 Å². The predicted octanol–water partition coefficient (Wildman–Crippen LogP) is 6.15. The molecule has 0 saturated carbocycles. The maximum atomic E-state index is 6.32. The second-order valence-electron chi connectivity index (χ2n) is 10.4. The molecule has 5 rings (SSSR count). The molecule has 38 heavy (non-hydrogen) atoms. The van der Waals surface area contributed by atoms with Gasteiger partial charge in [0.2, 0.25) is 11.8 Å². The van der Waals surface area contributed by atoms with Gasteiger partial charge in [-0.05, 0) is 75.4 Å². The molecule has 0 atom stereocenters. The molecule has 1 aromatic carbocycles. The number of hydrogen-bond acceptors (Lipinski definition) is 9. The van der Waals surface area contributed by atoms with Crippen LogP contribution in [0, 0.1) is 20.8 Å². The van der Waals surface area contributed by atoms with Crippen LogP contribution in [0.25, 0.3) is 0 Å². The molecule has 4 aromatic rings. The highest BCUT2D eigenvalue weighted by Gasteiger charge is 2.24. The molecule has 1 aliphatic rings. The number of hydrogen-bond donors (Lipinski definition) is 3. The van der Waals surface area contributed by atoms with Crippen LogP contribution >= 0.6 is 11.6 Å². The average Bonchev–Trinajstić information content (AvgIpc) is 3.53. The number of aromatic amines is 1. The molecule has 1 fully saturated rings. The Morgan fingerprint density at radius 3 is 2.55 bits per heavy atom. The zero-order valence-electron chi connectivity index (χ0n) is 22.5. The molecule has 3 aromatic heterocycles. The average molecular weight is 536 g/mol. The lowest BCUT2D eigenvalue weighted by molar-refractivity contribution is 0.180. The Bertz CT molecular complexity index is 1410. The highest BCUT2D eigenvalue weighted by atomic mass is 35.5. The van der Waals surface area contributed by atoms with Gasteiger partial charge < -0.3 is 15.2 Å². The Kier molecular flexibility index (Phi) is 7.62. The number of H-pyrrole nitrogens is 1. The lowest BCUT2D eigenvalue weighted by Crippen LogP contribution is -2.32. The first-order valence-corrected chi connectivity index (χ1v) is 13.4. The third-order valence-corrected chi connectivity index (χ3v) is 7.22. The Balaban J connectivity index is 1.23. The molecular formula is C27H34ClN9O. The van der Waals surface area contributed by atoms with Crippen molar-refractivity contribution in [1.29, 1.82) is 0 Å². The third kappa shape index (κ3) is 5.97. The van der Waals surface area contributed by atoms with Crippen molar-refractivity contribution in [2.45, 2.75) is 65.8 Å². The maximum absolute atomic E-state index is 6.32. The minimum absolute atomic E-state index is 0.276. The van der Waals surface area contributed by atoms with Crippen molar-refractivity contribution >= 4 is 34.9 Å². The molecule has 4 heterocycles. The fraction of sp³-hybridized carbons (Fsp3) is 0.444. The van der Waals surface area contributed by atoms with E-state index in [-0.39, 0.29) is 5.92 Å². The molecule has 0 amide bonds. The van der Waals surface area contributed by atoms with Crippen LogP contribution in [0.4, 0.5) is 23.3 Å². The van der Waals surface area contributed by atoms with E-state index in [9.17, 15) is 0 Å². The lowest BCUT2D eigenvalue weighted by atomic mass is 9.85. The molecule has 0 aliphatic carbocycles. The molecule has 200 valence electrons. The number of aryl methyl sites for hydroxylation is 3. The number of halogens is 1. The second-order valence-corrected chi connectivity index (χ2v) is 10.8. The van der Waals surface area contributed by atoms with Crippen molar-refractivity contribution < 1.29 is 4.52 Å². The molecule has 0 spiro atoms. The lowest BCUT2D eigenvalue weighted by Gasteiger charge is -2.32. The van der Waals surface area contributed by atoms with Crippen molar-refractivity contribution in [2.24, 2.45) is 0 Å². The van der Waals surface area contributed by atoms with E-state index in [1.807, 2.05) is 13.0 Å². The maximum Gasteiger partial charge on any atom is 0.240 e. The molecule has 10 nitrogen and oxygen atoms in total. The SMILES string of the molecule is Cc1cc(Nc2nc(Nc3cc(C)c(C4CCN(Cc5nc(C(C)C)no5)CC4)cc3C)ncc2Cl)n[nH]1. The van der Waals surface area contributed by atoms with Gasteiger partial charge in [-0.2, -0.15) is 15.1 Å². The summed E-state index contributed by atoms with van der Waals surface area (Å²) in [6.45, 7) is 13.1. The van der Waals surface area contributed by atoms with Gasteiger partial charge in [0.1, 0.15) is 5.02 Å². The first kappa shape index (κ1) is 26.1. The molecule has 0 bridgehead atoms. The Labute approximate surface area is 227 Å². The van der Waals surface area contributed by atoms with Crippen molar-refractivity contribution in [3.63, 3.8) is 0 Å². The van der Waals surface area contributed by atoms with E-state index in [0.29, 0.717) is 41.0 Å². The quantitative estimate of drug-likeness (QED) is 0.244. The zero-order chi connectivity index (χ0) is 26.8. The third-order valence-electron chi connectivity index (χ3n) is 6.94. The number of aromatic nitrogens is 6. The van der Waals surface area contributed by atoms with Crippen molar-refractivity contribution in [1.82, 2.24) is 35.2 Å². The Morgan fingerprint density at radius 2 is 1.87 bits per heavy atom. The second kappa shape index (κ2) is 11.1. The first-order chi connectivity index (χ1) is 18.2. The van der Waals surface area contributed by atoms with E-state index >= 15 is 0 Å². The summed E-state index contributed by atoms with van der Waals surface area (Å²) >= 11 is 6.32. The highest BCUT2D eigenvalue weighted by molar-refractivity contribution is 6.32. The molecule has 0 unspecified atom stereocenters. The van der Waals surface area contributed by atoms with E-state index in [1.165, 1.54) is 11.1 Å². The number of nitrogens with one attached hydrogen (secondary N) is 3. The van der Waals surface area contributed by atoms with Crippen molar-refractivity contribution in [3.8, 4) is 0 Å². The summed E-state index contributed by atoms with van der Waals surface area (Å²) < 4.78 is 5.45. The number of rotatable bonds is 8. The van der Waals surface area contributed by atoms with Crippen LogP contribution in [0.2, 0.25) is 5.02 Å². The summed E-state index contributed by atoms with van der Waals surface area (Å²) in [5.74, 6) is 3.89. The molecule has 11 heteroatoms. The molecule has 1 saturated heterocycles. The summed E-state index contributed by atoms with van der Waals surface area (Å²) in [7, 11) is 0. The predicted molar refractivity (Wildman–Crippen MR) is 148 cm³/mol. The minimum Gasteiger partial charge on any atom is -0.338 e. The van der Waals surface area contributed by atoms with Gasteiger partial charge in [0.05, 0.1) is 12.7 Å². The largest absolute Gasteiger partial charge is 0.338 e. The number of anilines is 4. The smallest absolute Gasteiger partial charge is 0.240 e. The normalized spacial score (nSPS) is 14.8. The molecular weight excluding hydrogens is 502 g/mol. The Morgan fingerprint density at radius 1 is 1.08 bits per heavy atom. The summed E-state index contributed by atoms with van der Waals surface area (Å²) in [5, 5.41) is 18.1. The number of likely N-dealkylation sites (tertiary alicyclic amines) is 1.